The molecule has 0 radical (unpaired) electrons. The van der Waals surface area contributed by atoms with Crippen LogP contribution >= 0.6 is 0 Å². The molecule has 0 spiro atoms. The van der Waals surface area contributed by atoms with Crippen molar-refractivity contribution in [2.75, 3.05) is 19.8 Å². The zero-order valence-electron chi connectivity index (χ0n) is 16.4. The summed E-state index contributed by atoms with van der Waals surface area (Å²) in [5.74, 6) is 0.534. The van der Waals surface area contributed by atoms with E-state index >= 15 is 0 Å². The Morgan fingerprint density at radius 3 is 2.25 bits per heavy atom. The summed E-state index contributed by atoms with van der Waals surface area (Å²) in [5, 5.41) is 2.90. The molecule has 2 fully saturated rings. The van der Waals surface area contributed by atoms with Gasteiger partial charge in [-0.05, 0) is 43.2 Å². The van der Waals surface area contributed by atoms with Gasteiger partial charge in [-0.15, -0.1) is 0 Å². The van der Waals surface area contributed by atoms with E-state index in [1.165, 1.54) is 15.4 Å². The van der Waals surface area contributed by atoms with Crippen LogP contribution in [0.15, 0.2) is 60.7 Å². The molecule has 3 amide bonds. The molecule has 2 aliphatic rings. The number of amides is 3. The van der Waals surface area contributed by atoms with Crippen LogP contribution in [-0.4, -0.2) is 36.6 Å². The number of nitrogens with one attached hydrogen (secondary N) is 2. The lowest BCUT2D eigenvalue weighted by Crippen LogP contribution is -3.14. The number of benzene rings is 2. The van der Waals surface area contributed by atoms with Gasteiger partial charge >= 0.3 is 6.03 Å². The molecule has 5 heteroatoms. The number of likely N-dealkylation sites (tertiary alicyclic amines) is 1. The normalized spacial score (nSPS) is 27.7. The molecule has 0 aromatic heterocycles. The Hall–Kier alpha value is -2.66. The molecule has 2 heterocycles. The molecule has 0 unspecified atom stereocenters. The minimum absolute atomic E-state index is 0.150. The standard InChI is InChI=1S/C23H27N3O2/c1-23(20-10-6-3-7-11-20)21(27)26(22(28)24-23)17-25-14-12-19(13-15-25)16-18-8-4-2-5-9-18/h2-11,19H,12-17H2,1H3,(H,24,28)/p+1/t23-/m0/s1. The minimum Gasteiger partial charge on any atom is -0.319 e. The summed E-state index contributed by atoms with van der Waals surface area (Å²) in [4.78, 5) is 28.3. The summed E-state index contributed by atoms with van der Waals surface area (Å²) in [6, 6.07) is 19.8. The van der Waals surface area contributed by atoms with Gasteiger partial charge in [-0.3, -0.25) is 4.79 Å². The van der Waals surface area contributed by atoms with E-state index in [0.29, 0.717) is 12.6 Å². The van der Waals surface area contributed by atoms with Crippen molar-refractivity contribution in [1.29, 1.82) is 0 Å². The number of rotatable bonds is 5. The highest BCUT2D eigenvalue weighted by atomic mass is 16.2. The van der Waals surface area contributed by atoms with Gasteiger partial charge in [0.25, 0.3) is 5.91 Å². The maximum absolute atomic E-state index is 13.0. The summed E-state index contributed by atoms with van der Waals surface area (Å²) in [5.41, 5.74) is 1.25. The van der Waals surface area contributed by atoms with Crippen LogP contribution in [0.5, 0.6) is 0 Å². The highest BCUT2D eigenvalue weighted by Gasteiger charge is 2.50. The number of carbonyl (C=O) groups excluding carboxylic acids is 2. The number of nitrogens with zero attached hydrogens (tertiary/aromatic N) is 1. The fraction of sp³-hybridized carbons (Fsp3) is 0.391. The second-order valence-corrected chi connectivity index (χ2v) is 8.20. The molecule has 2 N–H and O–H groups in total. The largest absolute Gasteiger partial charge is 0.329 e. The number of hydrogen-bond acceptors (Lipinski definition) is 2. The molecular formula is C23H28N3O2+. The molecular weight excluding hydrogens is 350 g/mol. The van der Waals surface area contributed by atoms with Gasteiger partial charge < -0.3 is 10.2 Å². The number of imide groups is 1. The molecule has 2 aromatic rings. The molecule has 28 heavy (non-hydrogen) atoms. The number of hydrogen-bond donors (Lipinski definition) is 2. The Morgan fingerprint density at radius 2 is 1.61 bits per heavy atom. The van der Waals surface area contributed by atoms with E-state index in [1.54, 1.807) is 6.92 Å². The second kappa shape index (κ2) is 7.76. The third-order valence-electron chi connectivity index (χ3n) is 6.19. The molecule has 0 saturated carbocycles. The first-order chi connectivity index (χ1) is 13.6. The summed E-state index contributed by atoms with van der Waals surface area (Å²) in [6.07, 6.45) is 3.37. The van der Waals surface area contributed by atoms with Crippen molar-refractivity contribution in [1.82, 2.24) is 10.2 Å². The molecule has 2 aliphatic heterocycles. The summed E-state index contributed by atoms with van der Waals surface area (Å²) in [7, 11) is 0. The maximum Gasteiger partial charge on any atom is 0.329 e. The third-order valence-corrected chi connectivity index (χ3v) is 6.19. The fourth-order valence-electron chi connectivity index (χ4n) is 4.43. The van der Waals surface area contributed by atoms with E-state index in [1.807, 2.05) is 30.3 Å². The van der Waals surface area contributed by atoms with Gasteiger partial charge in [-0.1, -0.05) is 60.7 Å². The van der Waals surface area contributed by atoms with Gasteiger partial charge in [0.05, 0.1) is 13.1 Å². The highest BCUT2D eigenvalue weighted by molar-refractivity contribution is 6.07. The molecule has 4 rings (SSSR count). The van der Waals surface area contributed by atoms with Gasteiger partial charge in [0.15, 0.2) is 6.67 Å². The minimum atomic E-state index is -0.969. The smallest absolute Gasteiger partial charge is 0.319 e. The van der Waals surface area contributed by atoms with E-state index < -0.39 is 5.54 Å². The molecule has 1 atom stereocenters. The van der Waals surface area contributed by atoms with Crippen LogP contribution in [0.2, 0.25) is 0 Å². The maximum atomic E-state index is 13.0. The number of piperidine rings is 1. The number of urea groups is 1. The quantitative estimate of drug-likeness (QED) is 0.782. The van der Waals surface area contributed by atoms with Crippen molar-refractivity contribution in [3.63, 3.8) is 0 Å². The topological polar surface area (TPSA) is 53.9 Å². The Labute approximate surface area is 166 Å². The molecule has 146 valence electrons. The average Bonchev–Trinajstić information content (AvgIpc) is 2.95. The van der Waals surface area contributed by atoms with E-state index in [2.05, 4.69) is 35.6 Å². The molecule has 2 aromatic carbocycles. The van der Waals surface area contributed by atoms with Crippen LogP contribution in [0.3, 0.4) is 0 Å². The van der Waals surface area contributed by atoms with E-state index in [4.69, 9.17) is 0 Å². The van der Waals surface area contributed by atoms with Crippen molar-refractivity contribution in [3.8, 4) is 0 Å². The van der Waals surface area contributed by atoms with Crippen LogP contribution in [0, 0.1) is 5.92 Å². The Bertz CT molecular complexity index is 831. The predicted octanol–water partition coefficient (Wildman–Crippen LogP) is 1.95. The predicted molar refractivity (Wildman–Crippen MR) is 108 cm³/mol. The summed E-state index contributed by atoms with van der Waals surface area (Å²) in [6.45, 7) is 4.24. The Morgan fingerprint density at radius 1 is 1.00 bits per heavy atom. The first-order valence-electron chi connectivity index (χ1n) is 10.1. The average molecular weight is 378 g/mol. The molecule has 0 aliphatic carbocycles. The SMILES string of the molecule is C[C@@]1(c2ccccc2)NC(=O)N(C[NH+]2CCC(Cc3ccccc3)CC2)C1=O. The van der Waals surface area contributed by atoms with Gasteiger partial charge in [0.1, 0.15) is 5.54 Å². The van der Waals surface area contributed by atoms with Crippen molar-refractivity contribution in [2.24, 2.45) is 5.92 Å². The van der Waals surface area contributed by atoms with Gasteiger partial charge in [-0.25, -0.2) is 9.69 Å². The first kappa shape index (κ1) is 18.7. The summed E-state index contributed by atoms with van der Waals surface area (Å²) < 4.78 is 0. The van der Waals surface area contributed by atoms with Crippen LogP contribution in [-0.2, 0) is 16.8 Å². The lowest BCUT2D eigenvalue weighted by atomic mass is 9.90. The van der Waals surface area contributed by atoms with Crippen LogP contribution in [0.4, 0.5) is 4.79 Å². The molecule has 0 bridgehead atoms. The Balaban J connectivity index is 1.35. The van der Waals surface area contributed by atoms with Gasteiger partial charge in [0, 0.05) is 0 Å². The van der Waals surface area contributed by atoms with Gasteiger partial charge in [-0.2, -0.15) is 0 Å². The number of carbonyl (C=O) groups is 2. The molecule has 5 nitrogen and oxygen atoms in total. The van der Waals surface area contributed by atoms with Crippen molar-refractivity contribution in [3.05, 3.63) is 71.8 Å². The summed E-state index contributed by atoms with van der Waals surface area (Å²) >= 11 is 0. The lowest BCUT2D eigenvalue weighted by molar-refractivity contribution is -0.913. The van der Waals surface area contributed by atoms with Gasteiger partial charge in [0.2, 0.25) is 0 Å². The zero-order chi connectivity index (χ0) is 19.6. The van der Waals surface area contributed by atoms with Crippen LogP contribution in [0.1, 0.15) is 30.9 Å². The van der Waals surface area contributed by atoms with E-state index in [9.17, 15) is 9.59 Å². The van der Waals surface area contributed by atoms with Crippen molar-refractivity contribution < 1.29 is 14.5 Å². The Kier molecular flexibility index (Phi) is 5.18. The van der Waals surface area contributed by atoms with Crippen LogP contribution < -0.4 is 10.2 Å². The first-order valence-corrected chi connectivity index (χ1v) is 10.1. The van der Waals surface area contributed by atoms with E-state index in [-0.39, 0.29) is 11.9 Å². The highest BCUT2D eigenvalue weighted by Crippen LogP contribution is 2.28. The third kappa shape index (κ3) is 3.67. The van der Waals surface area contributed by atoms with E-state index in [0.717, 1.165) is 37.9 Å². The number of quaternary nitrogens is 1. The monoisotopic (exact) mass is 378 g/mol. The zero-order valence-corrected chi connectivity index (χ0v) is 16.4. The second-order valence-electron chi connectivity index (χ2n) is 8.20. The van der Waals surface area contributed by atoms with Crippen molar-refractivity contribution in [2.45, 2.75) is 31.7 Å². The molecule has 2 saturated heterocycles. The van der Waals surface area contributed by atoms with Crippen LogP contribution in [0.25, 0.3) is 0 Å². The van der Waals surface area contributed by atoms with Crippen molar-refractivity contribution >= 4 is 11.9 Å². The lowest BCUT2D eigenvalue weighted by Gasteiger charge is -2.31. The fourth-order valence-corrected chi connectivity index (χ4v) is 4.43.